The predicted octanol–water partition coefficient (Wildman–Crippen LogP) is 3.57. The Hall–Kier alpha value is -0.870. The Balaban J connectivity index is 2.55. The van der Waals surface area contributed by atoms with Crippen LogP contribution in [0.15, 0.2) is 18.2 Å². The van der Waals surface area contributed by atoms with E-state index in [0.717, 1.165) is 43.4 Å². The summed E-state index contributed by atoms with van der Waals surface area (Å²) in [4.78, 5) is 0. The van der Waals surface area contributed by atoms with Crippen LogP contribution in [-0.2, 0) is 6.54 Å². The van der Waals surface area contributed by atoms with Crippen LogP contribution in [0.1, 0.15) is 25.8 Å². The second-order valence-corrected chi connectivity index (χ2v) is 6.19. The smallest absolute Gasteiger partial charge is 0.161 e. The molecule has 20 heavy (non-hydrogen) atoms. The van der Waals surface area contributed by atoms with Crippen molar-refractivity contribution in [3.63, 3.8) is 0 Å². The Labute approximate surface area is 127 Å². The van der Waals surface area contributed by atoms with E-state index in [-0.39, 0.29) is 0 Å². The lowest BCUT2D eigenvalue weighted by Crippen LogP contribution is -2.19. The Morgan fingerprint density at radius 2 is 2.05 bits per heavy atom. The largest absolute Gasteiger partial charge is 0.493 e. The van der Waals surface area contributed by atoms with Gasteiger partial charge in [-0.25, -0.2) is 0 Å². The third-order valence-electron chi connectivity index (χ3n) is 2.86. The van der Waals surface area contributed by atoms with Crippen molar-refractivity contribution in [2.45, 2.75) is 26.8 Å². The summed E-state index contributed by atoms with van der Waals surface area (Å²) in [6, 6.07) is 6.14. The maximum Gasteiger partial charge on any atom is 0.161 e. The Bertz CT molecular complexity index is 383. The first kappa shape index (κ1) is 17.2. The summed E-state index contributed by atoms with van der Waals surface area (Å²) in [5, 5.41) is 3.44. The summed E-state index contributed by atoms with van der Waals surface area (Å²) in [5.74, 6) is 3.44. The van der Waals surface area contributed by atoms with Gasteiger partial charge in [-0.2, -0.15) is 11.8 Å². The van der Waals surface area contributed by atoms with Crippen LogP contribution in [0.2, 0.25) is 0 Å². The number of benzene rings is 1. The van der Waals surface area contributed by atoms with E-state index in [1.54, 1.807) is 7.11 Å². The standard InChI is InChI=1S/C16H27NO2S/c1-13(2)11-17-12-14-6-7-15(18-3)16(10-14)19-8-5-9-20-4/h6-7,10,13,17H,5,8-9,11-12H2,1-4H3. The second-order valence-electron chi connectivity index (χ2n) is 5.20. The molecule has 0 saturated heterocycles. The van der Waals surface area contributed by atoms with E-state index in [1.807, 2.05) is 17.8 Å². The van der Waals surface area contributed by atoms with Crippen molar-refractivity contribution in [1.82, 2.24) is 5.32 Å². The van der Waals surface area contributed by atoms with Crippen LogP contribution < -0.4 is 14.8 Å². The highest BCUT2D eigenvalue weighted by molar-refractivity contribution is 7.98. The van der Waals surface area contributed by atoms with E-state index < -0.39 is 0 Å². The molecule has 4 heteroatoms. The normalized spacial score (nSPS) is 10.8. The third-order valence-corrected chi connectivity index (χ3v) is 3.56. The molecule has 0 saturated carbocycles. The fraction of sp³-hybridized carbons (Fsp3) is 0.625. The maximum absolute atomic E-state index is 5.83. The zero-order chi connectivity index (χ0) is 14.8. The number of nitrogens with one attached hydrogen (secondary N) is 1. The van der Waals surface area contributed by atoms with E-state index in [4.69, 9.17) is 9.47 Å². The molecule has 0 aromatic heterocycles. The summed E-state index contributed by atoms with van der Waals surface area (Å²) < 4.78 is 11.2. The highest BCUT2D eigenvalue weighted by Crippen LogP contribution is 2.28. The summed E-state index contributed by atoms with van der Waals surface area (Å²) in [7, 11) is 1.68. The van der Waals surface area contributed by atoms with E-state index in [1.165, 1.54) is 5.56 Å². The Morgan fingerprint density at radius 1 is 1.25 bits per heavy atom. The SMILES string of the molecule is COc1ccc(CNCC(C)C)cc1OCCCSC. The molecule has 0 unspecified atom stereocenters. The van der Waals surface area contributed by atoms with Gasteiger partial charge in [0.15, 0.2) is 11.5 Å². The number of thioether (sulfide) groups is 1. The van der Waals surface area contributed by atoms with Crippen LogP contribution in [-0.4, -0.2) is 32.3 Å². The molecule has 0 fully saturated rings. The molecule has 0 aliphatic rings. The van der Waals surface area contributed by atoms with E-state index in [0.29, 0.717) is 5.92 Å². The van der Waals surface area contributed by atoms with E-state index in [9.17, 15) is 0 Å². The van der Waals surface area contributed by atoms with Crippen LogP contribution in [0.4, 0.5) is 0 Å². The molecule has 1 rings (SSSR count). The molecule has 0 spiro atoms. The van der Waals surface area contributed by atoms with E-state index >= 15 is 0 Å². The number of rotatable bonds is 10. The molecule has 1 aromatic rings. The molecule has 0 aliphatic heterocycles. The van der Waals surface area contributed by atoms with Crippen molar-refractivity contribution in [2.75, 3.05) is 32.3 Å². The first-order valence-corrected chi connectivity index (χ1v) is 8.56. The van der Waals surface area contributed by atoms with Crippen LogP contribution in [0.3, 0.4) is 0 Å². The average molecular weight is 297 g/mol. The van der Waals surface area contributed by atoms with Crippen molar-refractivity contribution in [3.8, 4) is 11.5 Å². The van der Waals surface area contributed by atoms with Crippen LogP contribution in [0.25, 0.3) is 0 Å². The fourth-order valence-corrected chi connectivity index (χ4v) is 2.24. The van der Waals surface area contributed by atoms with Crippen LogP contribution in [0.5, 0.6) is 11.5 Å². The Kier molecular flexibility index (Phi) is 8.54. The molecule has 0 atom stereocenters. The van der Waals surface area contributed by atoms with Crippen molar-refractivity contribution in [1.29, 1.82) is 0 Å². The quantitative estimate of drug-likeness (QED) is 0.669. The summed E-state index contributed by atoms with van der Waals surface area (Å²) >= 11 is 1.84. The maximum atomic E-state index is 5.83. The van der Waals surface area contributed by atoms with Crippen LogP contribution >= 0.6 is 11.8 Å². The number of methoxy groups -OCH3 is 1. The molecule has 1 aromatic carbocycles. The third kappa shape index (κ3) is 6.53. The van der Waals surface area contributed by atoms with Crippen LogP contribution in [0, 0.1) is 5.92 Å². The predicted molar refractivity (Wildman–Crippen MR) is 88.0 cm³/mol. The molecule has 0 bridgehead atoms. The number of hydrogen-bond donors (Lipinski definition) is 1. The van der Waals surface area contributed by atoms with Gasteiger partial charge in [-0.05, 0) is 48.6 Å². The van der Waals surface area contributed by atoms with Gasteiger partial charge < -0.3 is 14.8 Å². The van der Waals surface area contributed by atoms with Crippen molar-refractivity contribution < 1.29 is 9.47 Å². The molecule has 0 aliphatic carbocycles. The lowest BCUT2D eigenvalue weighted by molar-refractivity contribution is 0.295. The minimum atomic E-state index is 0.663. The van der Waals surface area contributed by atoms with Crippen molar-refractivity contribution >= 4 is 11.8 Å². The second kappa shape index (κ2) is 9.94. The topological polar surface area (TPSA) is 30.5 Å². The molecule has 1 N–H and O–H groups in total. The molecular formula is C16H27NO2S. The van der Waals surface area contributed by atoms with Gasteiger partial charge in [0, 0.05) is 6.54 Å². The van der Waals surface area contributed by atoms with Gasteiger partial charge >= 0.3 is 0 Å². The highest BCUT2D eigenvalue weighted by Gasteiger charge is 2.06. The lowest BCUT2D eigenvalue weighted by Gasteiger charge is -2.13. The van der Waals surface area contributed by atoms with Gasteiger partial charge in [0.05, 0.1) is 13.7 Å². The average Bonchev–Trinajstić information content (AvgIpc) is 2.43. The van der Waals surface area contributed by atoms with Gasteiger partial charge in [-0.15, -0.1) is 0 Å². The van der Waals surface area contributed by atoms with E-state index in [2.05, 4.69) is 37.6 Å². The fourth-order valence-electron chi connectivity index (χ4n) is 1.83. The highest BCUT2D eigenvalue weighted by atomic mass is 32.2. The number of ether oxygens (including phenoxy) is 2. The summed E-state index contributed by atoms with van der Waals surface area (Å²) in [6.07, 6.45) is 3.17. The zero-order valence-corrected chi connectivity index (χ0v) is 13.9. The van der Waals surface area contributed by atoms with Crippen molar-refractivity contribution in [3.05, 3.63) is 23.8 Å². The van der Waals surface area contributed by atoms with Crippen molar-refractivity contribution in [2.24, 2.45) is 5.92 Å². The summed E-state index contributed by atoms with van der Waals surface area (Å²) in [6.45, 7) is 7.04. The molecule has 0 amide bonds. The first-order valence-electron chi connectivity index (χ1n) is 7.16. The first-order chi connectivity index (χ1) is 9.67. The molecular weight excluding hydrogens is 270 g/mol. The van der Waals surface area contributed by atoms with Gasteiger partial charge in [0.1, 0.15) is 0 Å². The molecule has 0 radical (unpaired) electrons. The zero-order valence-electron chi connectivity index (χ0n) is 13.1. The molecule has 114 valence electrons. The van der Waals surface area contributed by atoms with Gasteiger partial charge in [0.2, 0.25) is 0 Å². The van der Waals surface area contributed by atoms with Gasteiger partial charge in [-0.3, -0.25) is 0 Å². The Morgan fingerprint density at radius 3 is 2.70 bits per heavy atom. The minimum absolute atomic E-state index is 0.663. The monoisotopic (exact) mass is 297 g/mol. The minimum Gasteiger partial charge on any atom is -0.493 e. The number of hydrogen-bond acceptors (Lipinski definition) is 4. The van der Waals surface area contributed by atoms with Gasteiger partial charge in [0.25, 0.3) is 0 Å². The van der Waals surface area contributed by atoms with Gasteiger partial charge in [-0.1, -0.05) is 19.9 Å². The lowest BCUT2D eigenvalue weighted by atomic mass is 10.2. The summed E-state index contributed by atoms with van der Waals surface area (Å²) in [5.41, 5.74) is 1.23. The molecule has 0 heterocycles. The molecule has 3 nitrogen and oxygen atoms in total.